The van der Waals surface area contributed by atoms with Gasteiger partial charge in [-0.1, -0.05) is 31.7 Å². The number of hydrogen-bond acceptors (Lipinski definition) is 6. The first-order valence-corrected chi connectivity index (χ1v) is 11.1. The van der Waals surface area contributed by atoms with Crippen LogP contribution < -0.4 is 15.6 Å². The number of halogens is 2. The molecule has 0 saturated heterocycles. The summed E-state index contributed by atoms with van der Waals surface area (Å²) in [5.74, 6) is -2.51. The van der Waals surface area contributed by atoms with Crippen molar-refractivity contribution in [1.29, 1.82) is 0 Å². The molecule has 0 bridgehead atoms. The summed E-state index contributed by atoms with van der Waals surface area (Å²) in [7, 11) is 0. The topological polar surface area (TPSA) is 111 Å². The maximum Gasteiger partial charge on any atom is 0.271 e. The summed E-state index contributed by atoms with van der Waals surface area (Å²) in [6.07, 6.45) is 7.23. The number of ether oxygens (including phenoxy) is 1. The van der Waals surface area contributed by atoms with Crippen molar-refractivity contribution in [2.45, 2.75) is 44.7 Å². The van der Waals surface area contributed by atoms with E-state index < -0.39 is 34.9 Å². The van der Waals surface area contributed by atoms with Crippen LogP contribution in [0, 0.1) is 17.6 Å². The standard InChI is InChI=1S/C23H25F2N5O4/c24-17-6-3-7-18(25)22(17)34-16-13-21(32)30(26-14-16)19(12-15-4-1-2-5-15)23(33)27-20-8-9-29(28-20)10-11-31/h3,6-9,13-15,19,31H,1-2,4-5,10-12H2,(H,27,28,33)/t19-/m1/s1. The second-order valence-corrected chi connectivity index (χ2v) is 8.21. The molecule has 0 radical (unpaired) electrons. The van der Waals surface area contributed by atoms with E-state index in [9.17, 15) is 18.4 Å². The molecule has 0 unspecified atom stereocenters. The van der Waals surface area contributed by atoms with Gasteiger partial charge >= 0.3 is 0 Å². The minimum Gasteiger partial charge on any atom is -0.449 e. The lowest BCUT2D eigenvalue weighted by Gasteiger charge is -2.21. The van der Waals surface area contributed by atoms with Gasteiger partial charge in [0.05, 0.1) is 19.3 Å². The van der Waals surface area contributed by atoms with Crippen molar-refractivity contribution in [1.82, 2.24) is 19.6 Å². The number of benzene rings is 1. The Labute approximate surface area is 194 Å². The van der Waals surface area contributed by atoms with E-state index in [1.165, 1.54) is 10.7 Å². The number of nitrogens with one attached hydrogen (secondary N) is 1. The molecule has 1 aromatic carbocycles. The minimum atomic E-state index is -0.914. The van der Waals surface area contributed by atoms with Crippen molar-refractivity contribution < 1.29 is 23.4 Å². The molecule has 1 fully saturated rings. The van der Waals surface area contributed by atoms with Crippen LogP contribution in [-0.2, 0) is 11.3 Å². The highest BCUT2D eigenvalue weighted by molar-refractivity contribution is 5.92. The largest absolute Gasteiger partial charge is 0.449 e. The lowest BCUT2D eigenvalue weighted by molar-refractivity contribution is -0.120. The molecule has 1 aliphatic carbocycles. The number of nitrogens with zero attached hydrogens (tertiary/aromatic N) is 4. The second-order valence-electron chi connectivity index (χ2n) is 8.21. The highest BCUT2D eigenvalue weighted by atomic mass is 19.1. The van der Waals surface area contributed by atoms with E-state index in [1.54, 1.807) is 12.3 Å². The quantitative estimate of drug-likeness (QED) is 0.494. The Morgan fingerprint density at radius 3 is 2.65 bits per heavy atom. The van der Waals surface area contributed by atoms with Crippen molar-refractivity contribution in [2.24, 2.45) is 5.92 Å². The predicted octanol–water partition coefficient (Wildman–Crippen LogP) is 3.26. The van der Waals surface area contributed by atoms with Crippen molar-refractivity contribution in [3.8, 4) is 11.5 Å². The Kier molecular flexibility index (Phi) is 7.31. The average molecular weight is 473 g/mol. The summed E-state index contributed by atoms with van der Waals surface area (Å²) in [5.41, 5.74) is -0.641. The Bertz CT molecular complexity index is 1190. The van der Waals surface area contributed by atoms with Gasteiger partial charge in [-0.25, -0.2) is 13.5 Å². The molecule has 3 aromatic rings. The van der Waals surface area contributed by atoms with Crippen LogP contribution in [0.25, 0.3) is 0 Å². The molecule has 34 heavy (non-hydrogen) atoms. The minimum absolute atomic E-state index is 0.0934. The lowest BCUT2D eigenvalue weighted by atomic mass is 9.98. The first-order chi connectivity index (χ1) is 16.4. The number of amides is 1. The van der Waals surface area contributed by atoms with Gasteiger partial charge in [0.2, 0.25) is 0 Å². The van der Waals surface area contributed by atoms with Crippen LogP contribution >= 0.6 is 0 Å². The van der Waals surface area contributed by atoms with E-state index in [0.717, 1.165) is 54.8 Å². The number of rotatable bonds is 9. The number of carbonyl (C=O) groups is 1. The van der Waals surface area contributed by atoms with E-state index in [4.69, 9.17) is 9.84 Å². The van der Waals surface area contributed by atoms with Gasteiger partial charge in [0.15, 0.2) is 29.0 Å². The van der Waals surface area contributed by atoms with E-state index in [0.29, 0.717) is 6.42 Å². The zero-order valence-electron chi connectivity index (χ0n) is 18.4. The van der Waals surface area contributed by atoms with Crippen molar-refractivity contribution >= 4 is 11.7 Å². The Hall–Kier alpha value is -3.60. The third-order valence-electron chi connectivity index (χ3n) is 5.79. The Balaban J connectivity index is 1.57. The number of anilines is 1. The summed E-state index contributed by atoms with van der Waals surface area (Å²) in [6.45, 7) is 0.191. The molecule has 180 valence electrons. The van der Waals surface area contributed by atoms with Crippen molar-refractivity contribution in [3.63, 3.8) is 0 Å². The molecule has 1 atom stereocenters. The number of aliphatic hydroxyl groups is 1. The van der Waals surface area contributed by atoms with E-state index in [1.807, 2.05) is 0 Å². The van der Waals surface area contributed by atoms with E-state index in [2.05, 4.69) is 15.5 Å². The number of para-hydroxylation sites is 1. The van der Waals surface area contributed by atoms with Gasteiger partial charge in [0, 0.05) is 18.3 Å². The van der Waals surface area contributed by atoms with Crippen LogP contribution in [0.5, 0.6) is 11.5 Å². The summed E-state index contributed by atoms with van der Waals surface area (Å²) in [5, 5.41) is 20.0. The molecule has 1 saturated carbocycles. The van der Waals surface area contributed by atoms with Gasteiger partial charge in [-0.15, -0.1) is 0 Å². The summed E-state index contributed by atoms with van der Waals surface area (Å²) in [6, 6.07) is 5.01. The summed E-state index contributed by atoms with van der Waals surface area (Å²) < 4.78 is 35.5. The maximum absolute atomic E-state index is 13.9. The SMILES string of the molecule is O=C(Nc1ccn(CCO)n1)[C@@H](CC1CCCC1)n1ncc(Oc2c(F)cccc2F)cc1=O. The maximum atomic E-state index is 13.9. The Morgan fingerprint density at radius 2 is 1.97 bits per heavy atom. The Morgan fingerprint density at radius 1 is 1.24 bits per heavy atom. The normalized spacial score (nSPS) is 14.8. The summed E-state index contributed by atoms with van der Waals surface area (Å²) in [4.78, 5) is 26.0. The highest BCUT2D eigenvalue weighted by Crippen LogP contribution is 2.32. The summed E-state index contributed by atoms with van der Waals surface area (Å²) >= 11 is 0. The molecular formula is C23H25F2N5O4. The number of aromatic nitrogens is 4. The zero-order valence-corrected chi connectivity index (χ0v) is 18.4. The molecule has 2 heterocycles. The van der Waals surface area contributed by atoms with Crippen LogP contribution in [0.15, 0.2) is 47.5 Å². The molecule has 0 aliphatic heterocycles. The van der Waals surface area contributed by atoms with Crippen LogP contribution in [-0.4, -0.2) is 37.2 Å². The van der Waals surface area contributed by atoms with Crippen LogP contribution in [0.4, 0.5) is 14.6 Å². The molecule has 1 aliphatic rings. The third kappa shape index (κ3) is 5.48. The molecule has 2 aromatic heterocycles. The van der Waals surface area contributed by atoms with E-state index >= 15 is 0 Å². The fourth-order valence-electron chi connectivity index (χ4n) is 4.13. The fourth-order valence-corrected chi connectivity index (χ4v) is 4.13. The van der Waals surface area contributed by atoms with Crippen LogP contribution in [0.2, 0.25) is 0 Å². The van der Waals surface area contributed by atoms with Crippen molar-refractivity contribution in [3.05, 3.63) is 64.7 Å². The van der Waals surface area contributed by atoms with E-state index in [-0.39, 0.29) is 30.6 Å². The fraction of sp³-hybridized carbons (Fsp3) is 0.391. The van der Waals surface area contributed by atoms with Crippen LogP contribution in [0.3, 0.4) is 0 Å². The van der Waals surface area contributed by atoms with Gasteiger partial charge in [-0.05, 0) is 24.5 Å². The average Bonchev–Trinajstić information content (AvgIpc) is 3.48. The second kappa shape index (κ2) is 10.6. The third-order valence-corrected chi connectivity index (χ3v) is 5.79. The molecule has 1 amide bonds. The lowest BCUT2D eigenvalue weighted by Crippen LogP contribution is -2.36. The van der Waals surface area contributed by atoms with Crippen molar-refractivity contribution in [2.75, 3.05) is 11.9 Å². The highest BCUT2D eigenvalue weighted by Gasteiger charge is 2.29. The first kappa shape index (κ1) is 23.6. The molecule has 2 N–H and O–H groups in total. The van der Waals surface area contributed by atoms with Gasteiger partial charge in [0.1, 0.15) is 6.04 Å². The van der Waals surface area contributed by atoms with Gasteiger partial charge in [-0.3, -0.25) is 14.3 Å². The number of carbonyl (C=O) groups excluding carboxylic acids is 1. The van der Waals surface area contributed by atoms with Crippen LogP contribution in [0.1, 0.15) is 38.1 Å². The predicted molar refractivity (Wildman–Crippen MR) is 118 cm³/mol. The van der Waals surface area contributed by atoms with Gasteiger partial charge in [-0.2, -0.15) is 10.2 Å². The monoisotopic (exact) mass is 473 g/mol. The van der Waals surface area contributed by atoms with Gasteiger partial charge in [0.25, 0.3) is 11.5 Å². The number of aliphatic hydroxyl groups excluding tert-OH is 1. The molecule has 9 nitrogen and oxygen atoms in total. The zero-order chi connectivity index (χ0) is 24.1. The van der Waals surface area contributed by atoms with Gasteiger partial charge < -0.3 is 15.2 Å². The smallest absolute Gasteiger partial charge is 0.271 e. The molecule has 4 rings (SSSR count). The first-order valence-electron chi connectivity index (χ1n) is 11.1. The number of hydrogen-bond donors (Lipinski definition) is 2. The molecular weight excluding hydrogens is 448 g/mol. The molecule has 0 spiro atoms. The molecule has 11 heteroatoms.